The van der Waals surface area contributed by atoms with Crippen LogP contribution in [-0.2, 0) is 0 Å². The summed E-state index contributed by atoms with van der Waals surface area (Å²) in [6.07, 6.45) is 7.72. The number of hydrogen-bond donors (Lipinski definition) is 2. The van der Waals surface area contributed by atoms with E-state index in [9.17, 15) is 9.59 Å². The van der Waals surface area contributed by atoms with E-state index in [1.54, 1.807) is 23.0 Å². The van der Waals surface area contributed by atoms with Crippen LogP contribution < -0.4 is 16.2 Å². The number of amides is 1. The molecule has 40 heavy (non-hydrogen) atoms. The molecule has 1 saturated heterocycles. The lowest BCUT2D eigenvalue weighted by Gasteiger charge is -2.38. The number of anilines is 1. The zero-order chi connectivity index (χ0) is 28.2. The third-order valence-corrected chi connectivity index (χ3v) is 8.34. The number of nitrogens with one attached hydrogen (secondary N) is 2. The molecule has 2 aliphatic rings. The highest BCUT2D eigenvalue weighted by atomic mass is 16.2. The van der Waals surface area contributed by atoms with Gasteiger partial charge < -0.3 is 20.4 Å². The van der Waals surface area contributed by atoms with Crippen LogP contribution in [0.2, 0.25) is 0 Å². The zero-order valence-corrected chi connectivity index (χ0v) is 24.1. The van der Waals surface area contributed by atoms with Crippen molar-refractivity contribution in [2.75, 3.05) is 39.0 Å². The Bertz CT molecular complexity index is 1360. The number of benzene rings is 2. The molecule has 8 nitrogen and oxygen atoms in total. The first-order valence-electron chi connectivity index (χ1n) is 14.5. The maximum atomic E-state index is 13.8. The minimum atomic E-state index is -0.231. The number of nitrogens with zero attached hydrogens (tertiary/aromatic N) is 4. The van der Waals surface area contributed by atoms with Gasteiger partial charge >= 0.3 is 0 Å². The smallest absolute Gasteiger partial charge is 0.297 e. The summed E-state index contributed by atoms with van der Waals surface area (Å²) >= 11 is 0. The van der Waals surface area contributed by atoms with E-state index in [2.05, 4.69) is 58.6 Å². The fourth-order valence-corrected chi connectivity index (χ4v) is 5.70. The topological polar surface area (TPSA) is 82.5 Å². The van der Waals surface area contributed by atoms with Gasteiger partial charge in [0.2, 0.25) is 0 Å². The molecule has 5 rings (SSSR count). The molecule has 8 heteroatoms. The van der Waals surface area contributed by atoms with E-state index >= 15 is 0 Å². The predicted octanol–water partition coefficient (Wildman–Crippen LogP) is 4.25. The number of carbonyl (C=O) groups excluding carboxylic acids is 1. The maximum absolute atomic E-state index is 13.8. The SMILES string of the molecule is Cc1ccc(C(=O)NC2CC2)cc1-n1ccnc(N[C@@H](c2ccccc2)[C@H](C)CN2CCC(N(C)C)CC2)c1=O. The van der Waals surface area contributed by atoms with Gasteiger partial charge in [-0.25, -0.2) is 4.98 Å². The van der Waals surface area contributed by atoms with Gasteiger partial charge in [0.05, 0.1) is 11.7 Å². The van der Waals surface area contributed by atoms with Gasteiger partial charge in [-0.05, 0) is 89.0 Å². The van der Waals surface area contributed by atoms with Crippen molar-refractivity contribution in [1.82, 2.24) is 24.7 Å². The lowest BCUT2D eigenvalue weighted by Crippen LogP contribution is -2.44. The molecule has 1 saturated carbocycles. The number of aryl methyl sites for hydroxylation is 1. The second-order valence-electron chi connectivity index (χ2n) is 11.7. The van der Waals surface area contributed by atoms with Gasteiger partial charge in [0.1, 0.15) is 0 Å². The summed E-state index contributed by atoms with van der Waals surface area (Å²) in [7, 11) is 4.33. The first-order chi connectivity index (χ1) is 19.3. The Balaban J connectivity index is 1.38. The van der Waals surface area contributed by atoms with Crippen molar-refractivity contribution in [3.63, 3.8) is 0 Å². The number of likely N-dealkylation sites (tertiary alicyclic amines) is 1. The highest BCUT2D eigenvalue weighted by Gasteiger charge is 2.27. The molecule has 1 aliphatic heterocycles. The van der Waals surface area contributed by atoms with Crippen LogP contribution in [0.1, 0.15) is 60.1 Å². The van der Waals surface area contributed by atoms with Gasteiger partial charge in [0, 0.05) is 36.6 Å². The lowest BCUT2D eigenvalue weighted by atomic mass is 9.92. The Hall–Kier alpha value is -3.49. The van der Waals surface area contributed by atoms with E-state index in [0.717, 1.165) is 43.6 Å². The molecular formula is C32H42N6O2. The number of carbonyl (C=O) groups is 1. The maximum Gasteiger partial charge on any atom is 0.297 e. The monoisotopic (exact) mass is 542 g/mol. The molecule has 1 amide bonds. The first kappa shape index (κ1) is 28.1. The molecule has 2 N–H and O–H groups in total. The molecule has 2 atom stereocenters. The third kappa shape index (κ3) is 6.62. The molecule has 1 aliphatic carbocycles. The van der Waals surface area contributed by atoms with Crippen molar-refractivity contribution in [1.29, 1.82) is 0 Å². The van der Waals surface area contributed by atoms with Crippen LogP contribution in [0.5, 0.6) is 0 Å². The number of aromatic nitrogens is 2. The Morgan fingerprint density at radius 2 is 1.80 bits per heavy atom. The molecule has 0 bridgehead atoms. The molecule has 212 valence electrons. The quantitative estimate of drug-likeness (QED) is 0.399. The van der Waals surface area contributed by atoms with Gasteiger partial charge in [0.25, 0.3) is 11.5 Å². The van der Waals surface area contributed by atoms with Crippen molar-refractivity contribution in [2.45, 2.75) is 57.7 Å². The third-order valence-electron chi connectivity index (χ3n) is 8.34. The van der Waals surface area contributed by atoms with Crippen LogP contribution in [0, 0.1) is 12.8 Å². The molecule has 2 fully saturated rings. The van der Waals surface area contributed by atoms with Crippen LogP contribution in [0.3, 0.4) is 0 Å². The van der Waals surface area contributed by atoms with E-state index in [-0.39, 0.29) is 29.5 Å². The van der Waals surface area contributed by atoms with Crippen molar-refractivity contribution < 1.29 is 4.79 Å². The molecule has 2 aromatic carbocycles. The average Bonchev–Trinajstić information content (AvgIpc) is 3.77. The van der Waals surface area contributed by atoms with Gasteiger partial charge in [-0.15, -0.1) is 0 Å². The van der Waals surface area contributed by atoms with Crippen molar-refractivity contribution in [3.05, 3.63) is 88.0 Å². The molecule has 0 unspecified atom stereocenters. The van der Waals surface area contributed by atoms with Gasteiger partial charge in [0.15, 0.2) is 5.82 Å². The number of hydrogen-bond acceptors (Lipinski definition) is 6. The molecular weight excluding hydrogens is 500 g/mol. The van der Waals surface area contributed by atoms with Crippen LogP contribution in [0.25, 0.3) is 5.69 Å². The van der Waals surface area contributed by atoms with Crippen LogP contribution in [-0.4, -0.2) is 71.1 Å². The largest absolute Gasteiger partial charge is 0.358 e. The summed E-state index contributed by atoms with van der Waals surface area (Å²) in [5.41, 5.74) is 3.05. The van der Waals surface area contributed by atoms with Crippen molar-refractivity contribution in [2.24, 2.45) is 5.92 Å². The van der Waals surface area contributed by atoms with Crippen molar-refractivity contribution >= 4 is 11.7 Å². The van der Waals surface area contributed by atoms with Crippen molar-refractivity contribution in [3.8, 4) is 5.69 Å². The summed E-state index contributed by atoms with van der Waals surface area (Å²) in [6, 6.07) is 16.7. The first-order valence-corrected chi connectivity index (χ1v) is 14.5. The van der Waals surface area contributed by atoms with E-state index in [4.69, 9.17) is 0 Å². The highest BCUT2D eigenvalue weighted by molar-refractivity contribution is 5.95. The zero-order valence-electron chi connectivity index (χ0n) is 24.1. The van der Waals surface area contributed by atoms with Gasteiger partial charge in [-0.2, -0.15) is 0 Å². The second kappa shape index (κ2) is 12.4. The molecule has 0 spiro atoms. The lowest BCUT2D eigenvalue weighted by molar-refractivity contribution is 0.0951. The van der Waals surface area contributed by atoms with E-state index < -0.39 is 0 Å². The Labute approximate surface area is 237 Å². The average molecular weight is 543 g/mol. The summed E-state index contributed by atoms with van der Waals surface area (Å²) in [6.45, 7) is 7.29. The minimum absolute atomic E-state index is 0.0828. The number of rotatable bonds is 10. The Morgan fingerprint density at radius 1 is 1.07 bits per heavy atom. The van der Waals surface area contributed by atoms with Crippen LogP contribution >= 0.6 is 0 Å². The van der Waals surface area contributed by atoms with Gasteiger partial charge in [-0.1, -0.05) is 43.3 Å². The Morgan fingerprint density at radius 3 is 2.48 bits per heavy atom. The fourth-order valence-electron chi connectivity index (χ4n) is 5.70. The van der Waals surface area contributed by atoms with E-state index in [0.29, 0.717) is 23.1 Å². The second-order valence-corrected chi connectivity index (χ2v) is 11.7. The normalized spacial score (nSPS) is 17.9. The molecule has 3 aromatic rings. The Kier molecular flexibility index (Phi) is 8.66. The summed E-state index contributed by atoms with van der Waals surface area (Å²) in [5.74, 6) is 0.447. The summed E-state index contributed by atoms with van der Waals surface area (Å²) in [5, 5.41) is 6.56. The molecule has 2 heterocycles. The highest BCUT2D eigenvalue weighted by Crippen LogP contribution is 2.28. The standard InChI is InChI=1S/C32H42N6O2/c1-22-10-11-25(31(39)34-26-12-13-26)20-28(22)38-19-16-33-30(32(38)40)35-29(24-8-6-5-7-9-24)23(2)21-37-17-14-27(15-18-37)36(3)4/h5-11,16,19-20,23,26-27,29H,12-15,17-18,21H2,1-4H3,(H,33,35)(H,34,39)/t23-,29-/m1/s1. The van der Waals surface area contributed by atoms with E-state index in [1.165, 1.54) is 12.8 Å². The van der Waals surface area contributed by atoms with Crippen LogP contribution in [0.15, 0.2) is 65.7 Å². The van der Waals surface area contributed by atoms with Gasteiger partial charge in [-0.3, -0.25) is 14.2 Å². The minimum Gasteiger partial charge on any atom is -0.358 e. The predicted molar refractivity (Wildman–Crippen MR) is 160 cm³/mol. The van der Waals surface area contributed by atoms with E-state index in [1.807, 2.05) is 37.3 Å². The summed E-state index contributed by atoms with van der Waals surface area (Å²) in [4.78, 5) is 35.9. The van der Waals surface area contributed by atoms with Crippen LogP contribution in [0.4, 0.5) is 5.82 Å². The fraction of sp³-hybridized carbons (Fsp3) is 0.469. The summed E-state index contributed by atoms with van der Waals surface area (Å²) < 4.78 is 1.59. The molecule has 1 aromatic heterocycles. The number of piperidine rings is 1. The molecule has 0 radical (unpaired) electrons.